The quantitative estimate of drug-likeness (QED) is 0.414. The van der Waals surface area contributed by atoms with E-state index in [1.807, 2.05) is 13.1 Å². The van der Waals surface area contributed by atoms with Gasteiger partial charge in [-0.15, -0.1) is 0 Å². The van der Waals surface area contributed by atoms with Crippen molar-refractivity contribution >= 4 is 11.8 Å². The second kappa shape index (κ2) is 8.07. The molecule has 1 aromatic heterocycles. The summed E-state index contributed by atoms with van der Waals surface area (Å²) < 4.78 is 1.80. The van der Waals surface area contributed by atoms with Crippen molar-refractivity contribution in [3.05, 3.63) is 81.6 Å². The zero-order valence-corrected chi connectivity index (χ0v) is 18.4. The number of hydrogen-bond donors (Lipinski definition) is 0. The lowest BCUT2D eigenvalue weighted by Gasteiger charge is -2.42. The van der Waals surface area contributed by atoms with Gasteiger partial charge < -0.3 is 0 Å². The van der Waals surface area contributed by atoms with Crippen molar-refractivity contribution in [3.63, 3.8) is 0 Å². The van der Waals surface area contributed by atoms with E-state index in [0.29, 0.717) is 0 Å². The lowest BCUT2D eigenvalue weighted by molar-refractivity contribution is 0.283. The molecule has 2 aliphatic rings. The van der Waals surface area contributed by atoms with Crippen LogP contribution in [0.5, 0.6) is 0 Å². The summed E-state index contributed by atoms with van der Waals surface area (Å²) in [6, 6.07) is 19.1. The monoisotopic (exact) mass is 416 g/mol. The molecule has 1 heterocycles. The normalized spacial score (nSPS) is 16.8. The zero-order chi connectivity index (χ0) is 20.6. The molecule has 0 bridgehead atoms. The Bertz CT molecular complexity index is 1110. The van der Waals surface area contributed by atoms with Gasteiger partial charge in [-0.2, -0.15) is 0 Å². The second-order valence-electron chi connectivity index (χ2n) is 8.74. The summed E-state index contributed by atoms with van der Waals surface area (Å²) >= 11 is 1.69. The molecule has 0 aliphatic heterocycles. The van der Waals surface area contributed by atoms with Crippen LogP contribution in [-0.4, -0.2) is 15.3 Å². The lowest BCUT2D eigenvalue weighted by atomic mass is 9.62. The number of aryl methyl sites for hydroxylation is 1. The first-order chi connectivity index (χ1) is 14.7. The smallest absolute Gasteiger partial charge is 0.258 e. The van der Waals surface area contributed by atoms with Gasteiger partial charge in [-0.25, -0.2) is 4.98 Å². The minimum Gasteiger partial charge on any atom is -0.290 e. The summed E-state index contributed by atoms with van der Waals surface area (Å²) in [6.45, 7) is 0. The summed E-state index contributed by atoms with van der Waals surface area (Å²) in [6.07, 6.45) is 7.85. The van der Waals surface area contributed by atoms with Crippen LogP contribution in [0.25, 0.3) is 11.3 Å². The molecule has 1 spiro atoms. The fourth-order valence-corrected chi connectivity index (χ4v) is 6.26. The molecule has 3 nitrogen and oxygen atoms in total. The second-order valence-corrected chi connectivity index (χ2v) is 9.80. The van der Waals surface area contributed by atoms with Crippen LogP contribution in [-0.2, 0) is 25.3 Å². The van der Waals surface area contributed by atoms with Crippen molar-refractivity contribution in [2.45, 2.75) is 55.5 Å². The Hall–Kier alpha value is -2.33. The SMILES string of the molecule is Cn1c(SCCc2ccccc2)nc2c(c1=O)C1(CCCCC1)Cc1ccccc1-2. The first-order valence-corrected chi connectivity index (χ1v) is 12.0. The Morgan fingerprint density at radius 2 is 1.73 bits per heavy atom. The lowest BCUT2D eigenvalue weighted by Crippen LogP contribution is -2.42. The summed E-state index contributed by atoms with van der Waals surface area (Å²) in [4.78, 5) is 18.8. The van der Waals surface area contributed by atoms with E-state index in [2.05, 4.69) is 48.5 Å². The molecule has 0 atom stereocenters. The van der Waals surface area contributed by atoms with E-state index in [-0.39, 0.29) is 11.0 Å². The minimum absolute atomic E-state index is 0.0307. The van der Waals surface area contributed by atoms with Crippen molar-refractivity contribution in [3.8, 4) is 11.3 Å². The van der Waals surface area contributed by atoms with Crippen LogP contribution in [0.4, 0.5) is 0 Å². The van der Waals surface area contributed by atoms with Crippen LogP contribution in [0.3, 0.4) is 0 Å². The highest BCUT2D eigenvalue weighted by Crippen LogP contribution is 2.48. The third-order valence-electron chi connectivity index (χ3n) is 6.86. The van der Waals surface area contributed by atoms with Gasteiger partial charge in [0.2, 0.25) is 0 Å². The minimum atomic E-state index is -0.0307. The van der Waals surface area contributed by atoms with Crippen LogP contribution >= 0.6 is 11.8 Å². The van der Waals surface area contributed by atoms with Gasteiger partial charge in [0.15, 0.2) is 5.16 Å². The number of hydrogen-bond acceptors (Lipinski definition) is 3. The molecule has 0 saturated heterocycles. The summed E-state index contributed by atoms with van der Waals surface area (Å²) in [5, 5.41) is 0.831. The van der Waals surface area contributed by atoms with E-state index < -0.39 is 0 Å². The van der Waals surface area contributed by atoms with E-state index >= 15 is 0 Å². The number of fused-ring (bicyclic) bond motifs is 4. The van der Waals surface area contributed by atoms with E-state index in [0.717, 1.165) is 53.4 Å². The number of aromatic nitrogens is 2. The largest absolute Gasteiger partial charge is 0.290 e. The molecule has 0 unspecified atom stereocenters. The van der Waals surface area contributed by atoms with Crippen molar-refractivity contribution in [1.82, 2.24) is 9.55 Å². The van der Waals surface area contributed by atoms with Gasteiger partial charge in [0.05, 0.1) is 11.3 Å². The fourth-order valence-electron chi connectivity index (χ4n) is 5.30. The molecule has 4 heteroatoms. The maximum Gasteiger partial charge on any atom is 0.258 e. The predicted molar refractivity (Wildman–Crippen MR) is 124 cm³/mol. The molecule has 0 radical (unpaired) electrons. The first kappa shape index (κ1) is 19.6. The molecule has 2 aliphatic carbocycles. The molecule has 2 aromatic carbocycles. The van der Waals surface area contributed by atoms with E-state index in [4.69, 9.17) is 4.98 Å². The third kappa shape index (κ3) is 3.41. The highest BCUT2D eigenvalue weighted by molar-refractivity contribution is 7.99. The molecule has 0 amide bonds. The number of rotatable bonds is 4. The Morgan fingerprint density at radius 1 is 1.00 bits per heavy atom. The number of nitrogens with zero attached hydrogens (tertiary/aromatic N) is 2. The van der Waals surface area contributed by atoms with Crippen molar-refractivity contribution in [2.75, 3.05) is 5.75 Å². The Labute approximate surface area is 182 Å². The van der Waals surface area contributed by atoms with Crippen LogP contribution < -0.4 is 5.56 Å². The predicted octanol–water partition coefficient (Wildman–Crippen LogP) is 5.54. The Kier molecular flexibility index (Phi) is 5.28. The highest BCUT2D eigenvalue weighted by atomic mass is 32.2. The molecule has 0 N–H and O–H groups in total. The molecule has 154 valence electrons. The summed E-state index contributed by atoms with van der Waals surface area (Å²) in [5.74, 6) is 0.913. The molecular weight excluding hydrogens is 388 g/mol. The van der Waals surface area contributed by atoms with Crippen LogP contribution in [0.15, 0.2) is 64.5 Å². The molecule has 30 heavy (non-hydrogen) atoms. The van der Waals surface area contributed by atoms with Gasteiger partial charge in [-0.05, 0) is 36.8 Å². The van der Waals surface area contributed by atoms with Gasteiger partial charge >= 0.3 is 0 Å². The summed E-state index contributed by atoms with van der Waals surface area (Å²) in [7, 11) is 1.90. The van der Waals surface area contributed by atoms with Crippen LogP contribution in [0, 0.1) is 0 Å². The first-order valence-electron chi connectivity index (χ1n) is 11.0. The van der Waals surface area contributed by atoms with Crippen molar-refractivity contribution in [1.29, 1.82) is 0 Å². The highest BCUT2D eigenvalue weighted by Gasteiger charge is 2.43. The maximum absolute atomic E-state index is 13.7. The molecule has 1 saturated carbocycles. The van der Waals surface area contributed by atoms with E-state index in [1.54, 1.807) is 16.3 Å². The molecule has 3 aromatic rings. The van der Waals surface area contributed by atoms with Crippen molar-refractivity contribution < 1.29 is 0 Å². The Morgan fingerprint density at radius 3 is 2.53 bits per heavy atom. The standard InChI is InChI=1S/C26H28N2OS/c1-28-24(29)22-23(27-25(28)30-17-14-19-10-4-2-5-11-19)21-13-7-6-12-20(21)18-26(22)15-8-3-9-16-26/h2,4-7,10-13H,3,8-9,14-18H2,1H3. The molecule has 1 fully saturated rings. The maximum atomic E-state index is 13.7. The molecule has 5 rings (SSSR count). The van der Waals surface area contributed by atoms with Gasteiger partial charge in [0.1, 0.15) is 0 Å². The van der Waals surface area contributed by atoms with Crippen molar-refractivity contribution in [2.24, 2.45) is 7.05 Å². The zero-order valence-electron chi connectivity index (χ0n) is 17.6. The van der Waals surface area contributed by atoms with Crippen LogP contribution in [0.2, 0.25) is 0 Å². The topological polar surface area (TPSA) is 34.9 Å². The molecular formula is C26H28N2OS. The van der Waals surface area contributed by atoms with Crippen LogP contribution in [0.1, 0.15) is 48.8 Å². The Balaban J connectivity index is 1.55. The number of benzene rings is 2. The van der Waals surface area contributed by atoms with Gasteiger partial charge in [-0.1, -0.05) is 85.6 Å². The van der Waals surface area contributed by atoms with E-state index in [9.17, 15) is 4.79 Å². The third-order valence-corrected chi connectivity index (χ3v) is 7.89. The average Bonchev–Trinajstić information content (AvgIpc) is 2.78. The summed E-state index contributed by atoms with van der Waals surface area (Å²) in [5.41, 5.74) is 5.90. The van der Waals surface area contributed by atoms with Gasteiger partial charge in [0, 0.05) is 23.8 Å². The number of thioether (sulfide) groups is 1. The van der Waals surface area contributed by atoms with Gasteiger partial charge in [-0.3, -0.25) is 9.36 Å². The average molecular weight is 417 g/mol. The van der Waals surface area contributed by atoms with E-state index in [1.165, 1.54) is 30.4 Å². The van der Waals surface area contributed by atoms with Gasteiger partial charge in [0.25, 0.3) is 5.56 Å². The fraction of sp³-hybridized carbons (Fsp3) is 0.385.